The quantitative estimate of drug-likeness (QED) is 0.827. The second kappa shape index (κ2) is 8.31. The van der Waals surface area contributed by atoms with Crippen LogP contribution in [-0.2, 0) is 19.9 Å². The summed E-state index contributed by atoms with van der Waals surface area (Å²) in [6, 6.07) is 0.427. The number of likely N-dealkylation sites (tertiary alicyclic amines) is 1. The van der Waals surface area contributed by atoms with Gasteiger partial charge in [0, 0.05) is 50.5 Å². The Morgan fingerprint density at radius 2 is 1.96 bits per heavy atom. The number of amides is 1. The van der Waals surface area contributed by atoms with Crippen LogP contribution in [0, 0.1) is 5.41 Å². The van der Waals surface area contributed by atoms with Crippen LogP contribution in [0.1, 0.15) is 61.3 Å². The van der Waals surface area contributed by atoms with Crippen molar-refractivity contribution in [1.29, 1.82) is 0 Å². The van der Waals surface area contributed by atoms with Crippen LogP contribution in [0.5, 0.6) is 0 Å². The van der Waals surface area contributed by atoms with Crippen LogP contribution in [0.2, 0.25) is 0 Å². The number of fused-ring (bicyclic) bond motifs is 1. The van der Waals surface area contributed by atoms with Crippen molar-refractivity contribution in [3.8, 4) is 0 Å². The van der Waals surface area contributed by atoms with E-state index in [-0.39, 0.29) is 11.3 Å². The lowest BCUT2D eigenvalue weighted by Gasteiger charge is -2.32. The number of hydrogen-bond donors (Lipinski definition) is 1. The Labute approximate surface area is 164 Å². The lowest BCUT2D eigenvalue weighted by molar-refractivity contribution is 0.0716. The molecule has 1 N–H and O–H groups in total. The Kier molecular flexibility index (Phi) is 6.26. The fourth-order valence-corrected chi connectivity index (χ4v) is 4.71. The number of nitrogens with one attached hydrogen (secondary N) is 1. The van der Waals surface area contributed by atoms with Gasteiger partial charge in [-0.1, -0.05) is 13.8 Å². The fraction of sp³-hybridized carbons (Fsp3) is 0.810. The normalized spacial score (nSPS) is 20.8. The molecule has 0 radical (unpaired) electrons. The van der Waals surface area contributed by atoms with Crippen molar-refractivity contribution in [1.82, 2.24) is 24.9 Å². The number of aromatic nitrogens is 2. The third-order valence-corrected chi connectivity index (χ3v) is 5.91. The van der Waals surface area contributed by atoms with Gasteiger partial charge in [0.2, 0.25) is 0 Å². The maximum atomic E-state index is 13.1. The van der Waals surface area contributed by atoms with Gasteiger partial charge in [0.15, 0.2) is 5.69 Å². The first-order valence-electron chi connectivity index (χ1n) is 10.5. The number of piperidine rings is 1. The van der Waals surface area contributed by atoms with Gasteiger partial charge in [-0.05, 0) is 58.0 Å². The monoisotopic (exact) mass is 375 g/mol. The van der Waals surface area contributed by atoms with Gasteiger partial charge in [-0.25, -0.2) is 0 Å². The van der Waals surface area contributed by atoms with E-state index in [1.807, 2.05) is 16.6 Å². The van der Waals surface area contributed by atoms with Crippen LogP contribution >= 0.6 is 0 Å². The molecule has 2 heterocycles. The molecular formula is C21H37N5O. The minimum absolute atomic E-state index is 0.139. The summed E-state index contributed by atoms with van der Waals surface area (Å²) in [5.74, 6) is 0.139. The zero-order chi connectivity index (χ0) is 19.6. The summed E-state index contributed by atoms with van der Waals surface area (Å²) in [4.78, 5) is 17.3. The molecule has 1 aliphatic carbocycles. The highest BCUT2D eigenvalue weighted by Crippen LogP contribution is 2.27. The summed E-state index contributed by atoms with van der Waals surface area (Å²) < 4.78 is 1.94. The van der Waals surface area contributed by atoms with E-state index in [1.54, 1.807) is 0 Å². The van der Waals surface area contributed by atoms with Gasteiger partial charge in [-0.3, -0.25) is 9.48 Å². The molecule has 0 spiro atoms. The largest absolute Gasteiger partial charge is 0.337 e. The van der Waals surface area contributed by atoms with Gasteiger partial charge in [0.05, 0.1) is 0 Å². The van der Waals surface area contributed by atoms with Crippen molar-refractivity contribution < 1.29 is 4.79 Å². The SMILES string of the molecule is CN(C)CC(C)(C)CNC1CCc2c(c(C(=O)N3CCCCC3)nn2C)C1. The second-order valence-corrected chi connectivity index (χ2v) is 9.47. The van der Waals surface area contributed by atoms with Gasteiger partial charge in [0.1, 0.15) is 0 Å². The summed E-state index contributed by atoms with van der Waals surface area (Å²) in [6.07, 6.45) is 6.49. The van der Waals surface area contributed by atoms with Crippen molar-refractivity contribution in [3.63, 3.8) is 0 Å². The topological polar surface area (TPSA) is 53.4 Å². The van der Waals surface area contributed by atoms with Gasteiger partial charge >= 0.3 is 0 Å². The predicted molar refractivity (Wildman–Crippen MR) is 109 cm³/mol. The highest BCUT2D eigenvalue weighted by atomic mass is 16.2. The lowest BCUT2D eigenvalue weighted by atomic mass is 9.88. The molecule has 6 nitrogen and oxygen atoms in total. The number of carbonyl (C=O) groups excluding carboxylic acids is 1. The molecule has 1 aromatic heterocycles. The molecule has 0 aromatic carbocycles. The van der Waals surface area contributed by atoms with Gasteiger partial charge in [0.25, 0.3) is 5.91 Å². The number of hydrogen-bond acceptors (Lipinski definition) is 4. The van der Waals surface area contributed by atoms with Gasteiger partial charge in [-0.2, -0.15) is 5.10 Å². The Morgan fingerprint density at radius 1 is 1.26 bits per heavy atom. The van der Waals surface area contributed by atoms with Crippen LogP contribution in [-0.4, -0.2) is 71.8 Å². The first-order chi connectivity index (χ1) is 12.8. The molecule has 0 saturated carbocycles. The Hall–Kier alpha value is -1.40. The molecule has 1 aliphatic heterocycles. The average molecular weight is 376 g/mol. The Balaban J connectivity index is 1.68. The average Bonchev–Trinajstić information content (AvgIpc) is 2.95. The molecule has 2 aliphatic rings. The maximum absolute atomic E-state index is 13.1. The standard InChI is InChI=1S/C21H37N5O/c1-21(2,15-24(3)4)14-22-16-9-10-18-17(13-16)19(23-25(18)5)20(27)26-11-7-6-8-12-26/h16,22H,6-15H2,1-5H3. The highest BCUT2D eigenvalue weighted by molar-refractivity contribution is 5.94. The van der Waals surface area contributed by atoms with E-state index in [0.29, 0.717) is 11.7 Å². The maximum Gasteiger partial charge on any atom is 0.274 e. The van der Waals surface area contributed by atoms with E-state index < -0.39 is 0 Å². The van der Waals surface area contributed by atoms with Crippen LogP contribution in [0.4, 0.5) is 0 Å². The van der Waals surface area contributed by atoms with Crippen molar-refractivity contribution in [2.45, 2.75) is 58.4 Å². The minimum atomic E-state index is 0.139. The van der Waals surface area contributed by atoms with E-state index in [2.05, 4.69) is 43.3 Å². The fourth-order valence-electron chi connectivity index (χ4n) is 4.71. The second-order valence-electron chi connectivity index (χ2n) is 9.47. The summed E-state index contributed by atoms with van der Waals surface area (Å²) in [6.45, 7) is 8.42. The Morgan fingerprint density at radius 3 is 2.63 bits per heavy atom. The molecule has 1 fully saturated rings. The van der Waals surface area contributed by atoms with Crippen LogP contribution in [0.3, 0.4) is 0 Å². The summed E-state index contributed by atoms with van der Waals surface area (Å²) >= 11 is 0. The molecule has 1 unspecified atom stereocenters. The predicted octanol–water partition coefficient (Wildman–Crippen LogP) is 2.08. The molecule has 3 rings (SSSR count). The van der Waals surface area contributed by atoms with E-state index in [4.69, 9.17) is 0 Å². The lowest BCUT2D eigenvalue weighted by Crippen LogP contribution is -2.44. The Bertz CT molecular complexity index is 658. The number of nitrogens with zero attached hydrogens (tertiary/aromatic N) is 4. The molecule has 1 amide bonds. The molecular weight excluding hydrogens is 338 g/mol. The minimum Gasteiger partial charge on any atom is -0.337 e. The third-order valence-electron chi connectivity index (χ3n) is 5.91. The number of rotatable bonds is 6. The number of carbonyl (C=O) groups is 1. The van der Waals surface area contributed by atoms with Crippen LogP contribution < -0.4 is 5.32 Å². The third kappa shape index (κ3) is 4.91. The van der Waals surface area contributed by atoms with Crippen LogP contribution in [0.25, 0.3) is 0 Å². The summed E-state index contributed by atoms with van der Waals surface area (Å²) in [5.41, 5.74) is 3.36. The molecule has 27 heavy (non-hydrogen) atoms. The van der Waals surface area contributed by atoms with Crippen molar-refractivity contribution in [2.24, 2.45) is 12.5 Å². The summed E-state index contributed by atoms with van der Waals surface area (Å²) in [7, 11) is 6.24. The first-order valence-corrected chi connectivity index (χ1v) is 10.5. The molecule has 0 bridgehead atoms. The van der Waals surface area contributed by atoms with Gasteiger partial charge < -0.3 is 15.1 Å². The van der Waals surface area contributed by atoms with E-state index in [1.165, 1.54) is 17.7 Å². The molecule has 152 valence electrons. The zero-order valence-corrected chi connectivity index (χ0v) is 17.8. The van der Waals surface area contributed by atoms with Crippen molar-refractivity contribution in [3.05, 3.63) is 17.0 Å². The van der Waals surface area contributed by atoms with Crippen molar-refractivity contribution >= 4 is 5.91 Å². The van der Waals surface area contributed by atoms with Crippen molar-refractivity contribution in [2.75, 3.05) is 40.3 Å². The van der Waals surface area contributed by atoms with Gasteiger partial charge in [-0.15, -0.1) is 0 Å². The molecule has 1 aromatic rings. The smallest absolute Gasteiger partial charge is 0.274 e. The zero-order valence-electron chi connectivity index (χ0n) is 17.8. The molecule has 1 atom stereocenters. The summed E-state index contributed by atoms with van der Waals surface area (Å²) in [5, 5.41) is 8.42. The van der Waals surface area contributed by atoms with E-state index >= 15 is 0 Å². The number of aryl methyl sites for hydroxylation is 1. The highest BCUT2D eigenvalue weighted by Gasteiger charge is 2.31. The van der Waals surface area contributed by atoms with Crippen LogP contribution in [0.15, 0.2) is 0 Å². The first kappa shape index (κ1) is 20.3. The molecule has 1 saturated heterocycles. The van der Waals surface area contributed by atoms with E-state index in [9.17, 15) is 4.79 Å². The molecule has 6 heteroatoms. The van der Waals surface area contributed by atoms with E-state index in [0.717, 1.165) is 58.3 Å².